The van der Waals surface area contributed by atoms with E-state index in [9.17, 15) is 4.79 Å². The first-order chi connectivity index (χ1) is 12.2. The lowest BCUT2D eigenvalue weighted by Crippen LogP contribution is -3.00. The Morgan fingerprint density at radius 3 is 2.65 bits per heavy atom. The molecule has 0 bridgehead atoms. The van der Waals surface area contributed by atoms with Crippen LogP contribution in [-0.4, -0.2) is 19.2 Å². The molecule has 4 nitrogen and oxygen atoms in total. The van der Waals surface area contributed by atoms with Crippen LogP contribution in [0.5, 0.6) is 5.75 Å². The number of quaternary nitrogens is 1. The van der Waals surface area contributed by atoms with Crippen LogP contribution < -0.4 is 22.9 Å². The van der Waals surface area contributed by atoms with E-state index < -0.39 is 0 Å². The number of fused-ring (bicyclic) bond motifs is 1. The standard InChI is InChI=1S/C21H25NO3.ClH/c1-2-24-21(23)12-17-14-25-20-9-8-16(13-22)11-19(20)18(17)10-15-6-4-3-5-7-15;/h3-9,11,17-18H,2,10,12-14,22H2,1H3;1H. The quantitative estimate of drug-likeness (QED) is 0.706. The summed E-state index contributed by atoms with van der Waals surface area (Å²) in [5.74, 6) is 1.14. The molecule has 2 unspecified atom stereocenters. The third-order valence-electron chi connectivity index (χ3n) is 4.82. The fourth-order valence-corrected chi connectivity index (χ4v) is 3.52. The van der Waals surface area contributed by atoms with E-state index >= 15 is 0 Å². The molecule has 0 saturated heterocycles. The predicted octanol–water partition coefficient (Wildman–Crippen LogP) is -0.279. The van der Waals surface area contributed by atoms with E-state index in [2.05, 4.69) is 42.1 Å². The van der Waals surface area contributed by atoms with Crippen LogP contribution in [0.3, 0.4) is 0 Å². The molecule has 3 N–H and O–H groups in total. The summed E-state index contributed by atoms with van der Waals surface area (Å²) in [6.45, 7) is 3.55. The van der Waals surface area contributed by atoms with Crippen molar-refractivity contribution in [1.29, 1.82) is 0 Å². The van der Waals surface area contributed by atoms with Crippen LogP contribution in [0.25, 0.3) is 0 Å². The highest BCUT2D eigenvalue weighted by Gasteiger charge is 2.33. The lowest BCUT2D eigenvalue weighted by atomic mass is 9.78. The first kappa shape index (κ1) is 20.3. The van der Waals surface area contributed by atoms with Gasteiger partial charge in [0.15, 0.2) is 0 Å². The summed E-state index contributed by atoms with van der Waals surface area (Å²) < 4.78 is 11.1. The second-order valence-corrected chi connectivity index (χ2v) is 6.50. The van der Waals surface area contributed by atoms with Crippen LogP contribution >= 0.6 is 0 Å². The zero-order valence-corrected chi connectivity index (χ0v) is 15.9. The fourth-order valence-electron chi connectivity index (χ4n) is 3.52. The van der Waals surface area contributed by atoms with Gasteiger partial charge in [0.05, 0.1) is 26.2 Å². The molecule has 0 radical (unpaired) electrons. The molecule has 0 spiro atoms. The SMILES string of the molecule is CCOC(=O)CC1COc2ccc(C[NH3+])cc2C1Cc1ccccc1.[Cl-]. The molecule has 0 aliphatic carbocycles. The Morgan fingerprint density at radius 1 is 1.19 bits per heavy atom. The van der Waals surface area contributed by atoms with Crippen molar-refractivity contribution >= 4 is 5.97 Å². The van der Waals surface area contributed by atoms with Gasteiger partial charge in [-0.05, 0) is 48.6 Å². The lowest BCUT2D eigenvalue weighted by molar-refractivity contribution is -0.386. The van der Waals surface area contributed by atoms with Crippen molar-refractivity contribution in [3.8, 4) is 5.75 Å². The molecular weight excluding hydrogens is 350 g/mol. The zero-order chi connectivity index (χ0) is 17.6. The van der Waals surface area contributed by atoms with Gasteiger partial charge in [0.1, 0.15) is 5.75 Å². The van der Waals surface area contributed by atoms with Gasteiger partial charge in [0.25, 0.3) is 0 Å². The number of rotatable bonds is 6. The Bertz CT molecular complexity index is 720. The number of benzene rings is 2. The van der Waals surface area contributed by atoms with Crippen molar-refractivity contribution in [2.75, 3.05) is 13.2 Å². The predicted molar refractivity (Wildman–Crippen MR) is 96.2 cm³/mol. The van der Waals surface area contributed by atoms with Crippen LogP contribution in [0.2, 0.25) is 0 Å². The average molecular weight is 376 g/mol. The molecule has 1 heterocycles. The Hall–Kier alpha value is -2.04. The van der Waals surface area contributed by atoms with Gasteiger partial charge in [-0.2, -0.15) is 0 Å². The van der Waals surface area contributed by atoms with Gasteiger partial charge in [0, 0.05) is 11.5 Å². The molecule has 3 rings (SSSR count). The van der Waals surface area contributed by atoms with E-state index in [1.165, 1.54) is 16.7 Å². The first-order valence-corrected chi connectivity index (χ1v) is 8.95. The molecule has 140 valence electrons. The van der Waals surface area contributed by atoms with Gasteiger partial charge in [-0.25, -0.2) is 0 Å². The van der Waals surface area contributed by atoms with Crippen molar-refractivity contribution in [2.45, 2.75) is 32.2 Å². The Labute approximate surface area is 161 Å². The number of hydrogen-bond acceptors (Lipinski definition) is 3. The highest BCUT2D eigenvalue weighted by molar-refractivity contribution is 5.70. The Kier molecular flexibility index (Phi) is 7.49. The van der Waals surface area contributed by atoms with E-state index in [0.717, 1.165) is 18.7 Å². The molecule has 1 aliphatic rings. The largest absolute Gasteiger partial charge is 1.00 e. The van der Waals surface area contributed by atoms with Gasteiger partial charge in [-0.15, -0.1) is 0 Å². The third-order valence-corrected chi connectivity index (χ3v) is 4.82. The molecular formula is C21H26ClNO3. The average Bonchev–Trinajstić information content (AvgIpc) is 2.64. The Morgan fingerprint density at radius 2 is 1.96 bits per heavy atom. The van der Waals surface area contributed by atoms with Crippen molar-refractivity contribution in [3.63, 3.8) is 0 Å². The minimum Gasteiger partial charge on any atom is -1.00 e. The minimum atomic E-state index is -0.147. The van der Waals surface area contributed by atoms with E-state index in [-0.39, 0.29) is 30.2 Å². The van der Waals surface area contributed by atoms with Gasteiger partial charge >= 0.3 is 5.97 Å². The summed E-state index contributed by atoms with van der Waals surface area (Å²) in [6.07, 6.45) is 1.28. The number of esters is 1. The number of ether oxygens (including phenoxy) is 2. The molecule has 0 aromatic heterocycles. The second kappa shape index (κ2) is 9.60. The van der Waals surface area contributed by atoms with Gasteiger partial charge in [-0.3, -0.25) is 4.79 Å². The van der Waals surface area contributed by atoms with Crippen molar-refractivity contribution in [1.82, 2.24) is 0 Å². The number of hydrogen-bond donors (Lipinski definition) is 1. The minimum absolute atomic E-state index is 0. The maximum Gasteiger partial charge on any atom is 0.306 e. The summed E-state index contributed by atoms with van der Waals surface area (Å²) in [6, 6.07) is 16.7. The summed E-state index contributed by atoms with van der Waals surface area (Å²) in [7, 11) is 0. The number of carbonyl (C=O) groups excluding carboxylic acids is 1. The van der Waals surface area contributed by atoms with Crippen LogP contribution in [-0.2, 0) is 22.5 Å². The van der Waals surface area contributed by atoms with Crippen molar-refractivity contribution < 1.29 is 32.4 Å². The molecule has 2 aromatic carbocycles. The van der Waals surface area contributed by atoms with Crippen LogP contribution in [0.1, 0.15) is 36.0 Å². The van der Waals surface area contributed by atoms with Crippen molar-refractivity contribution in [2.24, 2.45) is 5.92 Å². The highest BCUT2D eigenvalue weighted by Crippen LogP contribution is 2.41. The summed E-state index contributed by atoms with van der Waals surface area (Å²) in [4.78, 5) is 12.1. The van der Waals surface area contributed by atoms with E-state index in [1.54, 1.807) is 0 Å². The number of carbonyl (C=O) groups is 1. The summed E-state index contributed by atoms with van der Waals surface area (Å²) in [5, 5.41) is 0. The molecule has 0 saturated carbocycles. The summed E-state index contributed by atoms with van der Waals surface area (Å²) >= 11 is 0. The normalized spacial score (nSPS) is 18.2. The van der Waals surface area contributed by atoms with E-state index in [4.69, 9.17) is 9.47 Å². The maximum absolute atomic E-state index is 12.1. The number of halogens is 1. The molecule has 26 heavy (non-hydrogen) atoms. The molecule has 2 atom stereocenters. The van der Waals surface area contributed by atoms with Crippen molar-refractivity contribution in [3.05, 3.63) is 65.2 Å². The first-order valence-electron chi connectivity index (χ1n) is 8.95. The highest BCUT2D eigenvalue weighted by atomic mass is 35.5. The van der Waals surface area contributed by atoms with Gasteiger partial charge in [0.2, 0.25) is 0 Å². The summed E-state index contributed by atoms with van der Waals surface area (Å²) in [5.41, 5.74) is 7.64. The fraction of sp³-hybridized carbons (Fsp3) is 0.381. The maximum atomic E-state index is 12.1. The van der Waals surface area contributed by atoms with Gasteiger partial charge < -0.3 is 27.6 Å². The molecule has 2 aromatic rings. The smallest absolute Gasteiger partial charge is 0.306 e. The Balaban J connectivity index is 0.00000243. The molecule has 0 fully saturated rings. The molecule has 0 amide bonds. The topological polar surface area (TPSA) is 63.2 Å². The third kappa shape index (κ3) is 4.77. The van der Waals surface area contributed by atoms with Crippen LogP contribution in [0, 0.1) is 5.92 Å². The second-order valence-electron chi connectivity index (χ2n) is 6.50. The monoisotopic (exact) mass is 375 g/mol. The van der Waals surface area contributed by atoms with E-state index in [1.807, 2.05) is 19.1 Å². The lowest BCUT2D eigenvalue weighted by Gasteiger charge is -2.33. The molecule has 1 aliphatic heterocycles. The molecule has 5 heteroatoms. The van der Waals surface area contributed by atoms with Gasteiger partial charge in [-0.1, -0.05) is 30.3 Å². The van der Waals surface area contributed by atoms with Crippen LogP contribution in [0.4, 0.5) is 0 Å². The van der Waals surface area contributed by atoms with E-state index in [0.29, 0.717) is 19.6 Å². The zero-order valence-electron chi connectivity index (χ0n) is 15.1. The van der Waals surface area contributed by atoms with Crippen LogP contribution in [0.15, 0.2) is 48.5 Å².